The molecule has 2 aromatic carbocycles. The standard InChI is InChI=1S/C13H9BrClN3O2S/c14-11-6-10(3-4-13(11)17)21(19,20)18-9-2-1-8(7-16)12(15)5-9/h1-6,18H,17H2. The van der Waals surface area contributed by atoms with Gasteiger partial charge in [-0.25, -0.2) is 8.42 Å². The highest BCUT2D eigenvalue weighted by Crippen LogP contribution is 2.26. The Kier molecular flexibility index (Phi) is 4.42. The smallest absolute Gasteiger partial charge is 0.261 e. The van der Waals surface area contributed by atoms with E-state index in [0.29, 0.717) is 10.2 Å². The summed E-state index contributed by atoms with van der Waals surface area (Å²) in [5.74, 6) is 0. The Morgan fingerprint density at radius 1 is 1.24 bits per heavy atom. The van der Waals surface area contributed by atoms with Gasteiger partial charge >= 0.3 is 0 Å². The molecule has 0 heterocycles. The number of benzene rings is 2. The second kappa shape index (κ2) is 5.93. The summed E-state index contributed by atoms with van der Waals surface area (Å²) >= 11 is 9.05. The maximum Gasteiger partial charge on any atom is 0.261 e. The molecule has 5 nitrogen and oxygen atoms in total. The van der Waals surface area contributed by atoms with Crippen molar-refractivity contribution in [2.75, 3.05) is 10.5 Å². The van der Waals surface area contributed by atoms with Gasteiger partial charge in [0.25, 0.3) is 10.0 Å². The largest absolute Gasteiger partial charge is 0.398 e. The van der Waals surface area contributed by atoms with Gasteiger partial charge in [-0.1, -0.05) is 11.6 Å². The number of nitriles is 1. The van der Waals surface area contributed by atoms with Crippen molar-refractivity contribution < 1.29 is 8.42 Å². The summed E-state index contributed by atoms with van der Waals surface area (Å²) in [6, 6.07) is 10.5. The Labute approximate surface area is 135 Å². The van der Waals surface area contributed by atoms with Gasteiger partial charge in [-0.3, -0.25) is 4.72 Å². The minimum absolute atomic E-state index is 0.0593. The summed E-state index contributed by atoms with van der Waals surface area (Å²) in [5.41, 5.74) is 6.61. The van der Waals surface area contributed by atoms with Gasteiger partial charge in [0.05, 0.1) is 21.2 Å². The quantitative estimate of drug-likeness (QED) is 0.791. The van der Waals surface area contributed by atoms with Crippen LogP contribution in [0.2, 0.25) is 5.02 Å². The molecule has 0 fully saturated rings. The van der Waals surface area contributed by atoms with E-state index in [2.05, 4.69) is 20.7 Å². The Bertz CT molecular complexity index is 847. The van der Waals surface area contributed by atoms with Crippen molar-refractivity contribution in [2.45, 2.75) is 4.90 Å². The SMILES string of the molecule is N#Cc1ccc(NS(=O)(=O)c2ccc(N)c(Br)c2)cc1Cl. The van der Waals surface area contributed by atoms with E-state index >= 15 is 0 Å². The number of nitrogens with zero attached hydrogens (tertiary/aromatic N) is 1. The first-order valence-electron chi connectivity index (χ1n) is 5.61. The van der Waals surface area contributed by atoms with Crippen molar-refractivity contribution in [1.82, 2.24) is 0 Å². The van der Waals surface area contributed by atoms with E-state index in [0.717, 1.165) is 0 Å². The molecule has 0 saturated carbocycles. The zero-order valence-corrected chi connectivity index (χ0v) is 13.6. The molecule has 0 spiro atoms. The second-order valence-electron chi connectivity index (χ2n) is 4.10. The molecule has 0 aliphatic rings. The highest BCUT2D eigenvalue weighted by molar-refractivity contribution is 9.10. The van der Waals surface area contributed by atoms with Crippen molar-refractivity contribution in [3.63, 3.8) is 0 Å². The summed E-state index contributed by atoms with van der Waals surface area (Å²) in [5, 5.41) is 8.96. The van der Waals surface area contributed by atoms with Gasteiger partial charge in [-0.15, -0.1) is 0 Å². The van der Waals surface area contributed by atoms with Gasteiger partial charge in [0.15, 0.2) is 0 Å². The Morgan fingerprint density at radius 3 is 2.52 bits per heavy atom. The van der Waals surface area contributed by atoms with Gasteiger partial charge in [-0.2, -0.15) is 5.26 Å². The van der Waals surface area contributed by atoms with Crippen molar-refractivity contribution in [2.24, 2.45) is 0 Å². The maximum absolute atomic E-state index is 12.3. The summed E-state index contributed by atoms with van der Waals surface area (Å²) in [6.45, 7) is 0. The Morgan fingerprint density at radius 2 is 1.95 bits per heavy atom. The molecule has 21 heavy (non-hydrogen) atoms. The van der Waals surface area contributed by atoms with E-state index in [9.17, 15) is 8.42 Å². The maximum atomic E-state index is 12.3. The molecular formula is C13H9BrClN3O2S. The molecule has 0 bridgehead atoms. The monoisotopic (exact) mass is 385 g/mol. The third-order valence-corrected chi connectivity index (χ3v) is 5.00. The predicted octanol–water partition coefficient (Wildman–Crippen LogP) is 3.36. The molecule has 0 amide bonds. The average molecular weight is 387 g/mol. The molecule has 0 unspecified atom stereocenters. The van der Waals surface area contributed by atoms with Gasteiger partial charge in [0.2, 0.25) is 0 Å². The highest BCUT2D eigenvalue weighted by atomic mass is 79.9. The Balaban J connectivity index is 2.35. The lowest BCUT2D eigenvalue weighted by Crippen LogP contribution is -2.13. The number of nitrogen functional groups attached to an aromatic ring is 1. The van der Waals surface area contributed by atoms with Crippen LogP contribution in [0.5, 0.6) is 0 Å². The lowest BCUT2D eigenvalue weighted by atomic mass is 10.2. The molecule has 0 aliphatic carbocycles. The molecule has 2 aromatic rings. The highest BCUT2D eigenvalue weighted by Gasteiger charge is 2.16. The van der Waals surface area contributed by atoms with Crippen LogP contribution in [0.25, 0.3) is 0 Å². The summed E-state index contributed by atoms with van der Waals surface area (Å²) in [7, 11) is -3.77. The van der Waals surface area contributed by atoms with Crippen molar-refractivity contribution in [3.8, 4) is 6.07 Å². The van der Waals surface area contributed by atoms with Crippen LogP contribution in [-0.2, 0) is 10.0 Å². The van der Waals surface area contributed by atoms with Gasteiger partial charge in [0.1, 0.15) is 6.07 Å². The normalized spacial score (nSPS) is 10.9. The fraction of sp³-hybridized carbons (Fsp3) is 0. The first-order valence-corrected chi connectivity index (χ1v) is 8.26. The van der Waals surface area contributed by atoms with Crippen molar-refractivity contribution in [3.05, 3.63) is 51.5 Å². The molecule has 0 aliphatic heterocycles. The van der Waals surface area contributed by atoms with E-state index in [-0.39, 0.29) is 21.2 Å². The minimum atomic E-state index is -3.77. The van der Waals surface area contributed by atoms with Gasteiger partial charge < -0.3 is 5.73 Å². The number of hydrogen-bond acceptors (Lipinski definition) is 4. The first kappa shape index (κ1) is 15.6. The number of halogens is 2. The fourth-order valence-electron chi connectivity index (χ4n) is 1.56. The minimum Gasteiger partial charge on any atom is -0.398 e. The Hall–Kier alpha value is -1.75. The molecule has 0 saturated heterocycles. The topological polar surface area (TPSA) is 96.0 Å². The molecule has 2 rings (SSSR count). The number of nitrogens with two attached hydrogens (primary N) is 1. The van der Waals surface area contributed by atoms with Crippen molar-refractivity contribution in [1.29, 1.82) is 5.26 Å². The van der Waals surface area contributed by atoms with Gasteiger partial charge in [-0.05, 0) is 52.3 Å². The molecular weight excluding hydrogens is 378 g/mol. The summed E-state index contributed by atoms with van der Waals surface area (Å²) in [4.78, 5) is 0.0593. The van der Waals surface area contributed by atoms with Crippen molar-refractivity contribution >= 4 is 48.9 Å². The molecule has 3 N–H and O–H groups in total. The van der Waals surface area contributed by atoms with Crippen LogP contribution in [0.1, 0.15) is 5.56 Å². The van der Waals surface area contributed by atoms with E-state index in [1.807, 2.05) is 6.07 Å². The lowest BCUT2D eigenvalue weighted by molar-refractivity contribution is 0.601. The predicted molar refractivity (Wildman–Crippen MR) is 85.5 cm³/mol. The zero-order valence-electron chi connectivity index (χ0n) is 10.5. The summed E-state index contributed by atoms with van der Waals surface area (Å²) < 4.78 is 27.4. The first-order chi connectivity index (χ1) is 9.83. The number of nitrogens with one attached hydrogen (secondary N) is 1. The lowest BCUT2D eigenvalue weighted by Gasteiger charge is -2.09. The zero-order chi connectivity index (χ0) is 15.6. The number of sulfonamides is 1. The molecule has 0 aromatic heterocycles. The molecule has 0 radical (unpaired) electrons. The van der Waals surface area contributed by atoms with Crippen LogP contribution in [0.3, 0.4) is 0 Å². The molecule has 108 valence electrons. The number of rotatable bonds is 3. The molecule has 8 heteroatoms. The number of anilines is 2. The van der Waals surface area contributed by atoms with Crippen LogP contribution < -0.4 is 10.5 Å². The third kappa shape index (κ3) is 3.47. The summed E-state index contributed by atoms with van der Waals surface area (Å²) in [6.07, 6.45) is 0. The van der Waals surface area contributed by atoms with Crippen LogP contribution in [0.15, 0.2) is 45.8 Å². The van der Waals surface area contributed by atoms with Crippen LogP contribution in [0, 0.1) is 11.3 Å². The van der Waals surface area contributed by atoms with E-state index in [1.54, 1.807) is 0 Å². The number of hydrogen-bond donors (Lipinski definition) is 2. The van der Waals surface area contributed by atoms with E-state index in [1.165, 1.54) is 36.4 Å². The second-order valence-corrected chi connectivity index (χ2v) is 7.04. The van der Waals surface area contributed by atoms with E-state index < -0.39 is 10.0 Å². The van der Waals surface area contributed by atoms with Crippen LogP contribution >= 0.6 is 27.5 Å². The van der Waals surface area contributed by atoms with Crippen LogP contribution in [-0.4, -0.2) is 8.42 Å². The molecule has 0 atom stereocenters. The van der Waals surface area contributed by atoms with E-state index in [4.69, 9.17) is 22.6 Å². The third-order valence-electron chi connectivity index (χ3n) is 2.62. The fourth-order valence-corrected chi connectivity index (χ4v) is 3.39. The average Bonchev–Trinajstić information content (AvgIpc) is 2.41. The van der Waals surface area contributed by atoms with Gasteiger partial charge in [0, 0.05) is 10.2 Å². The van der Waals surface area contributed by atoms with Crippen LogP contribution in [0.4, 0.5) is 11.4 Å².